The highest BCUT2D eigenvalue weighted by atomic mass is 35.5. The molecule has 0 radical (unpaired) electrons. The molecule has 0 saturated carbocycles. The van der Waals surface area contributed by atoms with E-state index in [1.54, 1.807) is 6.07 Å². The Kier molecular flexibility index (Phi) is 6.05. The van der Waals surface area contributed by atoms with Gasteiger partial charge in [0.2, 0.25) is 5.91 Å². The lowest BCUT2D eigenvalue weighted by molar-refractivity contribution is -0.120. The van der Waals surface area contributed by atoms with E-state index in [1.165, 1.54) is 23.3 Å². The molecule has 1 N–H and O–H groups in total. The normalized spacial score (nSPS) is 14.2. The van der Waals surface area contributed by atoms with E-state index in [0.717, 1.165) is 32.5 Å². The van der Waals surface area contributed by atoms with Crippen molar-refractivity contribution in [3.05, 3.63) is 70.0 Å². The zero-order chi connectivity index (χ0) is 17.6. The summed E-state index contributed by atoms with van der Waals surface area (Å²) in [6, 6.07) is 13.0. The fourth-order valence-corrected chi connectivity index (χ4v) is 3.43. The van der Waals surface area contributed by atoms with Gasteiger partial charge in [-0.15, -0.1) is 0 Å². The summed E-state index contributed by atoms with van der Waals surface area (Å²) < 4.78 is 13.7. The Morgan fingerprint density at radius 2 is 1.96 bits per heavy atom. The predicted molar refractivity (Wildman–Crippen MR) is 98.2 cm³/mol. The van der Waals surface area contributed by atoms with Gasteiger partial charge in [-0.3, -0.25) is 9.69 Å². The van der Waals surface area contributed by atoms with Gasteiger partial charge in [-0.25, -0.2) is 4.39 Å². The maximum atomic E-state index is 13.7. The van der Waals surface area contributed by atoms with Crippen LogP contribution in [0.4, 0.5) is 4.39 Å². The number of hydrogen-bond acceptors (Lipinski definition) is 2. The van der Waals surface area contributed by atoms with Crippen molar-refractivity contribution >= 4 is 17.5 Å². The van der Waals surface area contributed by atoms with E-state index >= 15 is 0 Å². The summed E-state index contributed by atoms with van der Waals surface area (Å²) in [4.78, 5) is 14.4. The van der Waals surface area contributed by atoms with E-state index in [0.29, 0.717) is 11.6 Å². The predicted octanol–water partition coefficient (Wildman–Crippen LogP) is 3.59. The van der Waals surface area contributed by atoms with E-state index in [2.05, 4.69) is 34.5 Å². The third-order valence-corrected chi connectivity index (χ3v) is 4.94. The molecule has 1 aliphatic heterocycles. The number of fused-ring (bicyclic) bond motifs is 1. The summed E-state index contributed by atoms with van der Waals surface area (Å²) in [6.07, 6.45) is 1.93. The molecule has 0 bridgehead atoms. The van der Waals surface area contributed by atoms with E-state index in [1.807, 2.05) is 0 Å². The van der Waals surface area contributed by atoms with Crippen molar-refractivity contribution < 1.29 is 9.18 Å². The van der Waals surface area contributed by atoms with Gasteiger partial charge in [-0.2, -0.15) is 0 Å². The molecule has 5 heteroatoms. The van der Waals surface area contributed by atoms with Gasteiger partial charge in [0, 0.05) is 36.8 Å². The highest BCUT2D eigenvalue weighted by molar-refractivity contribution is 6.31. The van der Waals surface area contributed by atoms with E-state index < -0.39 is 5.82 Å². The van der Waals surface area contributed by atoms with Crippen molar-refractivity contribution in [1.29, 1.82) is 0 Å². The van der Waals surface area contributed by atoms with Crippen LogP contribution in [0.5, 0.6) is 0 Å². The van der Waals surface area contributed by atoms with Crippen LogP contribution >= 0.6 is 11.6 Å². The fourth-order valence-electron chi connectivity index (χ4n) is 3.20. The SMILES string of the molecule is O=C(Cc1c(F)cccc1Cl)NCCCN1CCc2ccccc2C1. The maximum absolute atomic E-state index is 13.7. The lowest BCUT2D eigenvalue weighted by Crippen LogP contribution is -2.34. The maximum Gasteiger partial charge on any atom is 0.224 e. The third kappa shape index (κ3) is 4.80. The smallest absolute Gasteiger partial charge is 0.224 e. The first-order chi connectivity index (χ1) is 12.1. The lowest BCUT2D eigenvalue weighted by Gasteiger charge is -2.28. The van der Waals surface area contributed by atoms with Crippen molar-refractivity contribution in [1.82, 2.24) is 10.2 Å². The molecule has 1 aliphatic rings. The minimum atomic E-state index is -0.436. The second-order valence-corrected chi connectivity index (χ2v) is 6.78. The molecule has 0 aromatic heterocycles. The zero-order valence-electron chi connectivity index (χ0n) is 14.1. The summed E-state index contributed by atoms with van der Waals surface area (Å²) in [6.45, 7) is 3.54. The molecule has 2 aromatic rings. The average Bonchev–Trinajstić information content (AvgIpc) is 2.62. The first kappa shape index (κ1) is 17.9. The van der Waals surface area contributed by atoms with Gasteiger partial charge in [0.15, 0.2) is 0 Å². The van der Waals surface area contributed by atoms with Gasteiger partial charge < -0.3 is 5.32 Å². The number of hydrogen-bond donors (Lipinski definition) is 1. The second-order valence-electron chi connectivity index (χ2n) is 6.38. The Morgan fingerprint density at radius 1 is 1.16 bits per heavy atom. The highest BCUT2D eigenvalue weighted by Crippen LogP contribution is 2.20. The van der Waals surface area contributed by atoms with E-state index in [4.69, 9.17) is 11.6 Å². The molecule has 0 atom stereocenters. The summed E-state index contributed by atoms with van der Waals surface area (Å²) in [5, 5.41) is 3.15. The Morgan fingerprint density at radius 3 is 2.76 bits per heavy atom. The molecular formula is C20H22ClFN2O. The monoisotopic (exact) mass is 360 g/mol. The number of benzene rings is 2. The van der Waals surface area contributed by atoms with Crippen LogP contribution in [-0.4, -0.2) is 30.4 Å². The van der Waals surface area contributed by atoms with Gasteiger partial charge in [0.25, 0.3) is 0 Å². The Bertz CT molecular complexity index is 730. The molecule has 3 nitrogen and oxygen atoms in total. The van der Waals surface area contributed by atoms with Gasteiger partial charge in [0.05, 0.1) is 6.42 Å². The minimum absolute atomic E-state index is 0.0252. The first-order valence-corrected chi connectivity index (χ1v) is 9.00. The van der Waals surface area contributed by atoms with E-state index in [9.17, 15) is 9.18 Å². The quantitative estimate of drug-likeness (QED) is 0.798. The molecule has 0 spiro atoms. The number of carbonyl (C=O) groups is 1. The van der Waals surface area contributed by atoms with Gasteiger partial charge in [-0.1, -0.05) is 41.9 Å². The zero-order valence-corrected chi connectivity index (χ0v) is 14.9. The second kappa shape index (κ2) is 8.45. The molecule has 0 unspecified atom stereocenters. The summed E-state index contributed by atoms with van der Waals surface area (Å²) in [5.41, 5.74) is 3.09. The topological polar surface area (TPSA) is 32.3 Å². The van der Waals surface area contributed by atoms with Gasteiger partial charge in [0.1, 0.15) is 5.82 Å². The summed E-state index contributed by atoms with van der Waals surface area (Å²) in [5.74, 6) is -0.634. The van der Waals surface area contributed by atoms with E-state index in [-0.39, 0.29) is 17.9 Å². The number of carbonyl (C=O) groups excluding carboxylic acids is 1. The Hall–Kier alpha value is -1.91. The van der Waals surface area contributed by atoms with Crippen LogP contribution in [0.1, 0.15) is 23.1 Å². The van der Waals surface area contributed by atoms with Crippen LogP contribution in [0, 0.1) is 5.82 Å². The molecule has 0 aliphatic carbocycles. The molecular weight excluding hydrogens is 339 g/mol. The van der Waals surface area contributed by atoms with Crippen molar-refractivity contribution in [2.75, 3.05) is 19.6 Å². The first-order valence-electron chi connectivity index (χ1n) is 8.62. The van der Waals surface area contributed by atoms with Crippen LogP contribution in [0.2, 0.25) is 5.02 Å². The third-order valence-electron chi connectivity index (χ3n) is 4.58. The Labute approximate surface area is 152 Å². The van der Waals surface area contributed by atoms with Crippen molar-refractivity contribution in [2.45, 2.75) is 25.8 Å². The molecule has 0 fully saturated rings. The van der Waals surface area contributed by atoms with Crippen molar-refractivity contribution in [2.24, 2.45) is 0 Å². The number of nitrogens with zero attached hydrogens (tertiary/aromatic N) is 1. The number of rotatable bonds is 6. The standard InChI is InChI=1S/C20H22ClFN2O/c21-18-7-3-8-19(22)17(18)13-20(25)23-10-4-11-24-12-9-15-5-1-2-6-16(15)14-24/h1-3,5-8H,4,9-14H2,(H,23,25). The molecule has 25 heavy (non-hydrogen) atoms. The average molecular weight is 361 g/mol. The Balaban J connectivity index is 1.40. The van der Waals surface area contributed by atoms with Crippen LogP contribution < -0.4 is 5.32 Å². The summed E-state index contributed by atoms with van der Waals surface area (Å²) >= 11 is 5.95. The fraction of sp³-hybridized carbons (Fsp3) is 0.350. The van der Waals surface area contributed by atoms with Gasteiger partial charge >= 0.3 is 0 Å². The van der Waals surface area contributed by atoms with Crippen LogP contribution in [0.25, 0.3) is 0 Å². The molecule has 132 valence electrons. The number of halogens is 2. The van der Waals surface area contributed by atoms with Crippen LogP contribution in [0.3, 0.4) is 0 Å². The molecule has 1 heterocycles. The molecule has 0 saturated heterocycles. The van der Waals surface area contributed by atoms with Crippen molar-refractivity contribution in [3.63, 3.8) is 0 Å². The largest absolute Gasteiger partial charge is 0.356 e. The van der Waals surface area contributed by atoms with Crippen LogP contribution in [-0.2, 0) is 24.2 Å². The minimum Gasteiger partial charge on any atom is -0.356 e. The van der Waals surface area contributed by atoms with Gasteiger partial charge in [-0.05, 0) is 36.1 Å². The summed E-state index contributed by atoms with van der Waals surface area (Å²) in [7, 11) is 0. The van der Waals surface area contributed by atoms with Crippen molar-refractivity contribution in [3.8, 4) is 0 Å². The number of amides is 1. The molecule has 3 rings (SSSR count). The molecule has 2 aromatic carbocycles. The highest BCUT2D eigenvalue weighted by Gasteiger charge is 2.15. The van der Waals surface area contributed by atoms with Crippen LogP contribution in [0.15, 0.2) is 42.5 Å². The lowest BCUT2D eigenvalue weighted by atomic mass is 10.00. The number of nitrogens with one attached hydrogen (secondary N) is 1. The molecule has 1 amide bonds.